The summed E-state index contributed by atoms with van der Waals surface area (Å²) in [5.41, 5.74) is -0.156. The van der Waals surface area contributed by atoms with Crippen molar-refractivity contribution in [2.75, 3.05) is 34.2 Å². The van der Waals surface area contributed by atoms with Crippen LogP contribution in [0.1, 0.15) is 52.9 Å². The van der Waals surface area contributed by atoms with Crippen LogP contribution >= 0.6 is 0 Å². The maximum Gasteiger partial charge on any atom is 0.228 e. The number of hydrogen-bond acceptors (Lipinski definition) is 2. The predicted octanol–water partition coefficient (Wildman–Crippen LogP) is 3.00. The summed E-state index contributed by atoms with van der Waals surface area (Å²) in [4.78, 5) is 16.6. The fourth-order valence-electron chi connectivity index (χ4n) is 2.63. The molecule has 108 valence electrons. The van der Waals surface area contributed by atoms with Gasteiger partial charge in [-0.25, -0.2) is 0 Å². The Morgan fingerprint density at radius 3 is 1.89 bits per heavy atom. The van der Waals surface area contributed by atoms with E-state index in [1.54, 1.807) is 0 Å². The van der Waals surface area contributed by atoms with Crippen LogP contribution in [0.25, 0.3) is 0 Å². The molecule has 0 aromatic heterocycles. The normalized spacial score (nSPS) is 11.9. The van der Waals surface area contributed by atoms with Gasteiger partial charge in [-0.3, -0.25) is 4.79 Å². The van der Waals surface area contributed by atoms with Crippen molar-refractivity contribution in [1.29, 1.82) is 0 Å². The molecule has 0 rings (SSSR count). The van der Waals surface area contributed by atoms with Crippen molar-refractivity contribution in [3.05, 3.63) is 0 Å². The first kappa shape index (κ1) is 17.4. The van der Waals surface area contributed by atoms with E-state index < -0.39 is 0 Å². The lowest BCUT2D eigenvalue weighted by Crippen LogP contribution is -2.41. The van der Waals surface area contributed by atoms with Gasteiger partial charge in [0, 0.05) is 19.0 Å². The first-order chi connectivity index (χ1) is 8.37. The van der Waals surface area contributed by atoms with Crippen LogP contribution in [0.3, 0.4) is 0 Å². The summed E-state index contributed by atoms with van der Waals surface area (Å²) in [5, 5.41) is 0. The molecule has 0 saturated carbocycles. The molecule has 0 saturated heterocycles. The van der Waals surface area contributed by atoms with Crippen LogP contribution in [-0.2, 0) is 4.79 Å². The van der Waals surface area contributed by atoms with Crippen molar-refractivity contribution in [3.8, 4) is 0 Å². The smallest absolute Gasteiger partial charge is 0.228 e. The molecule has 0 unspecified atom stereocenters. The molecule has 0 aliphatic carbocycles. The zero-order chi connectivity index (χ0) is 14.2. The predicted molar refractivity (Wildman–Crippen MR) is 78.7 cm³/mol. The molecule has 3 heteroatoms. The van der Waals surface area contributed by atoms with Crippen molar-refractivity contribution < 1.29 is 4.79 Å². The van der Waals surface area contributed by atoms with Crippen LogP contribution in [-0.4, -0.2) is 49.9 Å². The van der Waals surface area contributed by atoms with E-state index >= 15 is 0 Å². The monoisotopic (exact) mass is 256 g/mol. The number of carbonyl (C=O) groups excluding carboxylic acids is 1. The van der Waals surface area contributed by atoms with Gasteiger partial charge < -0.3 is 9.80 Å². The molecule has 0 aliphatic heterocycles. The molecule has 1 amide bonds. The molecule has 0 fully saturated rings. The van der Waals surface area contributed by atoms with Gasteiger partial charge in [-0.1, -0.05) is 33.6 Å². The summed E-state index contributed by atoms with van der Waals surface area (Å²) in [7, 11) is 6.09. The zero-order valence-electron chi connectivity index (χ0n) is 13.3. The van der Waals surface area contributed by atoms with Crippen molar-refractivity contribution in [2.45, 2.75) is 52.9 Å². The van der Waals surface area contributed by atoms with Crippen molar-refractivity contribution >= 4 is 5.91 Å². The lowest BCUT2D eigenvalue weighted by atomic mass is 9.80. The second-order valence-corrected chi connectivity index (χ2v) is 5.94. The Morgan fingerprint density at radius 1 is 1.00 bits per heavy atom. The van der Waals surface area contributed by atoms with Crippen molar-refractivity contribution in [3.63, 3.8) is 0 Å². The molecule has 0 atom stereocenters. The molecular weight excluding hydrogens is 224 g/mol. The summed E-state index contributed by atoms with van der Waals surface area (Å²) in [6.07, 6.45) is 5.19. The standard InChI is InChI=1S/C15H32N2O/c1-7-10-15(3,11-8-2)14(18)17(6)13-9-12-16(4)5/h7-13H2,1-6H3. The number of carbonyl (C=O) groups is 1. The average Bonchev–Trinajstić information content (AvgIpc) is 2.28. The van der Waals surface area contributed by atoms with E-state index in [0.717, 1.165) is 45.2 Å². The fraction of sp³-hybridized carbons (Fsp3) is 0.933. The molecule has 0 N–H and O–H groups in total. The Hall–Kier alpha value is -0.570. The highest BCUT2D eigenvalue weighted by atomic mass is 16.2. The van der Waals surface area contributed by atoms with Crippen LogP contribution in [0.5, 0.6) is 0 Å². The minimum absolute atomic E-state index is 0.156. The highest BCUT2D eigenvalue weighted by molar-refractivity contribution is 5.82. The van der Waals surface area contributed by atoms with Crippen LogP contribution in [0.4, 0.5) is 0 Å². The van der Waals surface area contributed by atoms with E-state index in [0.29, 0.717) is 5.91 Å². The maximum atomic E-state index is 12.5. The lowest BCUT2D eigenvalue weighted by Gasteiger charge is -2.32. The minimum atomic E-state index is -0.156. The highest BCUT2D eigenvalue weighted by Crippen LogP contribution is 2.31. The van der Waals surface area contributed by atoms with E-state index in [4.69, 9.17) is 0 Å². The van der Waals surface area contributed by atoms with E-state index in [-0.39, 0.29) is 5.41 Å². The first-order valence-electron chi connectivity index (χ1n) is 7.27. The van der Waals surface area contributed by atoms with Gasteiger partial charge >= 0.3 is 0 Å². The summed E-state index contributed by atoms with van der Waals surface area (Å²) in [6.45, 7) is 8.35. The van der Waals surface area contributed by atoms with E-state index in [1.165, 1.54) is 0 Å². The fourth-order valence-corrected chi connectivity index (χ4v) is 2.63. The molecule has 18 heavy (non-hydrogen) atoms. The molecule has 0 bridgehead atoms. The number of amides is 1. The molecule has 3 nitrogen and oxygen atoms in total. The van der Waals surface area contributed by atoms with Crippen LogP contribution in [0.15, 0.2) is 0 Å². The van der Waals surface area contributed by atoms with Crippen molar-refractivity contribution in [2.24, 2.45) is 5.41 Å². The summed E-state index contributed by atoms with van der Waals surface area (Å²) < 4.78 is 0. The molecule has 0 heterocycles. The first-order valence-corrected chi connectivity index (χ1v) is 7.27. The summed E-state index contributed by atoms with van der Waals surface area (Å²) in [5.74, 6) is 0.324. The Morgan fingerprint density at radius 2 is 1.50 bits per heavy atom. The van der Waals surface area contributed by atoms with Gasteiger partial charge in [0.1, 0.15) is 0 Å². The Balaban J connectivity index is 4.37. The zero-order valence-corrected chi connectivity index (χ0v) is 13.3. The van der Waals surface area contributed by atoms with E-state index in [2.05, 4.69) is 39.8 Å². The number of rotatable bonds is 9. The number of nitrogens with zero attached hydrogens (tertiary/aromatic N) is 2. The molecule has 0 aromatic rings. The second-order valence-electron chi connectivity index (χ2n) is 5.94. The molecule has 0 aliphatic rings. The molecule has 0 aromatic carbocycles. The third-order valence-electron chi connectivity index (χ3n) is 3.57. The third-order valence-corrected chi connectivity index (χ3v) is 3.57. The van der Waals surface area contributed by atoms with Gasteiger partial charge in [0.15, 0.2) is 0 Å². The Labute approximate surface area is 114 Å². The topological polar surface area (TPSA) is 23.6 Å². The minimum Gasteiger partial charge on any atom is -0.345 e. The quantitative estimate of drug-likeness (QED) is 0.633. The van der Waals surface area contributed by atoms with Crippen LogP contribution in [0, 0.1) is 5.41 Å². The molecule has 0 radical (unpaired) electrons. The maximum absolute atomic E-state index is 12.5. The lowest BCUT2D eigenvalue weighted by molar-refractivity contribution is -0.140. The van der Waals surface area contributed by atoms with E-state index in [1.807, 2.05) is 11.9 Å². The Kier molecular flexibility index (Phi) is 8.25. The van der Waals surface area contributed by atoms with Gasteiger partial charge in [0.2, 0.25) is 5.91 Å². The second kappa shape index (κ2) is 8.52. The van der Waals surface area contributed by atoms with Gasteiger partial charge in [-0.2, -0.15) is 0 Å². The Bertz CT molecular complexity index is 233. The van der Waals surface area contributed by atoms with E-state index in [9.17, 15) is 4.79 Å². The van der Waals surface area contributed by atoms with Crippen molar-refractivity contribution in [1.82, 2.24) is 9.80 Å². The molecular formula is C15H32N2O. The average molecular weight is 256 g/mol. The van der Waals surface area contributed by atoms with Gasteiger partial charge in [0.05, 0.1) is 0 Å². The summed E-state index contributed by atoms with van der Waals surface area (Å²) >= 11 is 0. The van der Waals surface area contributed by atoms with Crippen LogP contribution in [0.2, 0.25) is 0 Å². The van der Waals surface area contributed by atoms with Gasteiger partial charge in [-0.05, 0) is 39.9 Å². The number of hydrogen-bond donors (Lipinski definition) is 0. The summed E-state index contributed by atoms with van der Waals surface area (Å²) in [6, 6.07) is 0. The highest BCUT2D eigenvalue weighted by Gasteiger charge is 2.33. The van der Waals surface area contributed by atoms with Gasteiger partial charge in [0.25, 0.3) is 0 Å². The molecule has 0 spiro atoms. The SMILES string of the molecule is CCCC(C)(CCC)C(=O)N(C)CCCN(C)C. The third kappa shape index (κ3) is 5.85. The van der Waals surface area contributed by atoms with Crippen LogP contribution < -0.4 is 0 Å². The van der Waals surface area contributed by atoms with Gasteiger partial charge in [-0.15, -0.1) is 0 Å². The largest absolute Gasteiger partial charge is 0.345 e.